The molecular formula is C21H28Cl4N2O3. The van der Waals surface area contributed by atoms with Crippen molar-refractivity contribution in [3.63, 3.8) is 0 Å². The number of hydrogen-bond donors (Lipinski definition) is 1. The molecule has 0 bridgehead atoms. The first-order chi connectivity index (χ1) is 13.7. The monoisotopic (exact) mass is 496 g/mol. The van der Waals surface area contributed by atoms with E-state index in [0.717, 1.165) is 57.1 Å². The third-order valence-corrected chi connectivity index (χ3v) is 5.41. The summed E-state index contributed by atoms with van der Waals surface area (Å²) in [5.74, 6) is 1.35. The first-order valence-electron chi connectivity index (χ1n) is 9.41. The van der Waals surface area contributed by atoms with Gasteiger partial charge in [-0.05, 0) is 29.8 Å². The van der Waals surface area contributed by atoms with Crippen molar-refractivity contribution >= 4 is 48.0 Å². The Morgan fingerprint density at radius 1 is 1.03 bits per heavy atom. The van der Waals surface area contributed by atoms with Gasteiger partial charge in [0, 0.05) is 48.3 Å². The lowest BCUT2D eigenvalue weighted by Gasteiger charge is -2.26. The standard InChI is InChI=1S/C21H26Cl2N2O3.2ClH/c1-26-21-13-16(14-24-7-8-25-9-11-27-12-10-25)5-6-20(21)28-15-17-18(22)3-2-4-19(17)23;;/h2-6,13,24H,7-12,14-15H2,1H3;2*1H. The molecule has 0 unspecified atom stereocenters. The molecule has 5 nitrogen and oxygen atoms in total. The SMILES string of the molecule is COc1cc(CNCCN2CCOCC2)ccc1OCc1c(Cl)cccc1Cl.Cl.Cl. The largest absolute Gasteiger partial charge is 0.493 e. The fourth-order valence-electron chi connectivity index (χ4n) is 3.06. The van der Waals surface area contributed by atoms with Gasteiger partial charge in [0.15, 0.2) is 11.5 Å². The number of rotatable bonds is 9. The normalized spacial score (nSPS) is 13.8. The molecule has 1 aliphatic rings. The number of halogens is 4. The molecule has 30 heavy (non-hydrogen) atoms. The molecule has 0 saturated carbocycles. The summed E-state index contributed by atoms with van der Waals surface area (Å²) in [7, 11) is 1.64. The van der Waals surface area contributed by atoms with Crippen LogP contribution in [0.3, 0.4) is 0 Å². The maximum Gasteiger partial charge on any atom is 0.161 e. The van der Waals surface area contributed by atoms with E-state index in [1.807, 2.05) is 24.3 Å². The topological polar surface area (TPSA) is 43.0 Å². The van der Waals surface area contributed by atoms with Crippen molar-refractivity contribution in [3.05, 3.63) is 57.6 Å². The number of hydrogen-bond acceptors (Lipinski definition) is 5. The molecule has 3 rings (SSSR count). The second-order valence-electron chi connectivity index (χ2n) is 6.60. The number of morpholine rings is 1. The molecule has 1 heterocycles. The van der Waals surface area contributed by atoms with Crippen molar-refractivity contribution in [2.24, 2.45) is 0 Å². The summed E-state index contributed by atoms with van der Waals surface area (Å²) >= 11 is 12.4. The van der Waals surface area contributed by atoms with Gasteiger partial charge >= 0.3 is 0 Å². The van der Waals surface area contributed by atoms with Crippen LogP contribution in [0.2, 0.25) is 10.0 Å². The molecule has 1 aliphatic heterocycles. The summed E-state index contributed by atoms with van der Waals surface area (Å²) in [6, 6.07) is 11.4. The van der Waals surface area contributed by atoms with E-state index in [2.05, 4.69) is 10.2 Å². The molecule has 1 N–H and O–H groups in total. The Morgan fingerprint density at radius 2 is 1.73 bits per heavy atom. The van der Waals surface area contributed by atoms with Crippen LogP contribution in [0.15, 0.2) is 36.4 Å². The average molecular weight is 498 g/mol. The van der Waals surface area contributed by atoms with Gasteiger partial charge in [-0.2, -0.15) is 0 Å². The number of ether oxygens (including phenoxy) is 3. The van der Waals surface area contributed by atoms with Gasteiger partial charge in [-0.25, -0.2) is 0 Å². The fraction of sp³-hybridized carbons (Fsp3) is 0.429. The Morgan fingerprint density at radius 3 is 2.40 bits per heavy atom. The minimum Gasteiger partial charge on any atom is -0.493 e. The van der Waals surface area contributed by atoms with Crippen LogP contribution in [0.5, 0.6) is 11.5 Å². The maximum absolute atomic E-state index is 6.21. The van der Waals surface area contributed by atoms with Gasteiger partial charge in [-0.15, -0.1) is 24.8 Å². The van der Waals surface area contributed by atoms with Crippen LogP contribution in [0.25, 0.3) is 0 Å². The summed E-state index contributed by atoms with van der Waals surface area (Å²) < 4.78 is 16.8. The lowest BCUT2D eigenvalue weighted by Crippen LogP contribution is -2.40. The van der Waals surface area contributed by atoms with Gasteiger partial charge in [0.25, 0.3) is 0 Å². The zero-order chi connectivity index (χ0) is 19.8. The number of nitrogens with zero attached hydrogens (tertiary/aromatic N) is 1. The predicted molar refractivity (Wildman–Crippen MR) is 127 cm³/mol. The van der Waals surface area contributed by atoms with E-state index < -0.39 is 0 Å². The molecule has 0 atom stereocenters. The first kappa shape index (κ1) is 27.1. The molecule has 9 heteroatoms. The molecule has 0 spiro atoms. The Kier molecular flexibility index (Phi) is 12.8. The van der Waals surface area contributed by atoms with E-state index in [4.69, 9.17) is 37.4 Å². The molecule has 2 aromatic carbocycles. The minimum absolute atomic E-state index is 0. The highest BCUT2D eigenvalue weighted by atomic mass is 35.5. The molecule has 168 valence electrons. The Hall–Kier alpha value is -0.920. The zero-order valence-electron chi connectivity index (χ0n) is 16.9. The van der Waals surface area contributed by atoms with E-state index >= 15 is 0 Å². The van der Waals surface area contributed by atoms with Gasteiger partial charge in [0.1, 0.15) is 6.61 Å². The highest BCUT2D eigenvalue weighted by molar-refractivity contribution is 6.35. The summed E-state index contributed by atoms with van der Waals surface area (Å²) in [6.45, 7) is 6.71. The van der Waals surface area contributed by atoms with Crippen LogP contribution >= 0.6 is 48.0 Å². The summed E-state index contributed by atoms with van der Waals surface area (Å²) in [5.41, 5.74) is 1.91. The van der Waals surface area contributed by atoms with Gasteiger partial charge in [-0.1, -0.05) is 35.3 Å². The molecular weight excluding hydrogens is 470 g/mol. The Labute approximate surface area is 200 Å². The van der Waals surface area contributed by atoms with Crippen molar-refractivity contribution in [2.45, 2.75) is 13.2 Å². The van der Waals surface area contributed by atoms with Crippen LogP contribution in [0, 0.1) is 0 Å². The van der Waals surface area contributed by atoms with Crippen LogP contribution in [-0.2, 0) is 17.9 Å². The summed E-state index contributed by atoms with van der Waals surface area (Å²) in [5, 5.41) is 4.66. The summed E-state index contributed by atoms with van der Waals surface area (Å²) in [6.07, 6.45) is 0. The molecule has 2 aromatic rings. The lowest BCUT2D eigenvalue weighted by atomic mass is 10.2. The van der Waals surface area contributed by atoms with Gasteiger partial charge < -0.3 is 19.5 Å². The van der Waals surface area contributed by atoms with E-state index in [1.165, 1.54) is 0 Å². The van der Waals surface area contributed by atoms with E-state index in [9.17, 15) is 0 Å². The maximum atomic E-state index is 6.21. The first-order valence-corrected chi connectivity index (χ1v) is 10.2. The van der Waals surface area contributed by atoms with Crippen LogP contribution < -0.4 is 14.8 Å². The van der Waals surface area contributed by atoms with E-state index in [1.54, 1.807) is 19.2 Å². The van der Waals surface area contributed by atoms with Crippen LogP contribution in [0.1, 0.15) is 11.1 Å². The average Bonchev–Trinajstić information content (AvgIpc) is 2.72. The van der Waals surface area contributed by atoms with Crippen molar-refractivity contribution in [1.82, 2.24) is 10.2 Å². The minimum atomic E-state index is 0. The third kappa shape index (κ3) is 7.97. The highest BCUT2D eigenvalue weighted by Gasteiger charge is 2.11. The van der Waals surface area contributed by atoms with Crippen molar-refractivity contribution in [3.8, 4) is 11.5 Å². The lowest BCUT2D eigenvalue weighted by molar-refractivity contribution is 0.0384. The van der Waals surface area contributed by atoms with Gasteiger partial charge in [-0.3, -0.25) is 4.90 Å². The highest BCUT2D eigenvalue weighted by Crippen LogP contribution is 2.31. The Bertz CT molecular complexity index is 754. The van der Waals surface area contributed by atoms with Crippen molar-refractivity contribution in [1.29, 1.82) is 0 Å². The molecule has 1 saturated heterocycles. The van der Waals surface area contributed by atoms with Gasteiger partial charge in [0.05, 0.1) is 20.3 Å². The van der Waals surface area contributed by atoms with Gasteiger partial charge in [0.2, 0.25) is 0 Å². The molecule has 0 amide bonds. The van der Waals surface area contributed by atoms with Crippen LogP contribution in [-0.4, -0.2) is 51.4 Å². The quantitative estimate of drug-likeness (QED) is 0.502. The van der Waals surface area contributed by atoms with Crippen molar-refractivity contribution in [2.75, 3.05) is 46.5 Å². The molecule has 0 aromatic heterocycles. The molecule has 1 fully saturated rings. The molecule has 0 aliphatic carbocycles. The number of benzene rings is 2. The van der Waals surface area contributed by atoms with Crippen molar-refractivity contribution < 1.29 is 14.2 Å². The zero-order valence-corrected chi connectivity index (χ0v) is 20.0. The Balaban J connectivity index is 0.00000225. The van der Waals surface area contributed by atoms with Crippen LogP contribution in [0.4, 0.5) is 0 Å². The second-order valence-corrected chi connectivity index (χ2v) is 7.42. The summed E-state index contributed by atoms with van der Waals surface area (Å²) in [4.78, 5) is 2.41. The number of nitrogens with one attached hydrogen (secondary N) is 1. The third-order valence-electron chi connectivity index (χ3n) is 4.70. The van der Waals surface area contributed by atoms with E-state index in [0.29, 0.717) is 21.5 Å². The number of methoxy groups -OCH3 is 1. The fourth-order valence-corrected chi connectivity index (χ4v) is 3.56. The predicted octanol–water partition coefficient (Wildman–Crippen LogP) is 4.85. The second kappa shape index (κ2) is 14.2. The van der Waals surface area contributed by atoms with E-state index in [-0.39, 0.29) is 31.4 Å². The smallest absolute Gasteiger partial charge is 0.161 e. The molecule has 0 radical (unpaired) electrons.